The number of aliphatic hydroxyl groups excluding tert-OH is 1. The van der Waals surface area contributed by atoms with E-state index in [9.17, 15) is 0 Å². The van der Waals surface area contributed by atoms with E-state index in [0.717, 1.165) is 6.42 Å². The Morgan fingerprint density at radius 1 is 1.78 bits per heavy atom. The van der Waals surface area contributed by atoms with Crippen LogP contribution in [0.4, 0.5) is 0 Å². The lowest BCUT2D eigenvalue weighted by molar-refractivity contribution is 0.169. The zero-order valence-corrected chi connectivity index (χ0v) is 5.72. The van der Waals surface area contributed by atoms with Crippen LogP contribution < -0.4 is 5.32 Å². The number of nitrogens with one attached hydrogen (secondary N) is 1. The van der Waals surface area contributed by atoms with E-state index in [0.29, 0.717) is 13.1 Å². The zero-order valence-electron chi connectivity index (χ0n) is 5.72. The molecule has 2 heteroatoms. The largest absolute Gasteiger partial charge is 0.392 e. The van der Waals surface area contributed by atoms with E-state index < -0.39 is 0 Å². The number of terminal acetylenes is 1. The Bertz CT molecular complexity index is 95.6. The molecule has 0 heterocycles. The highest BCUT2D eigenvalue weighted by molar-refractivity contribution is 4.86. The lowest BCUT2D eigenvalue weighted by Gasteiger charge is -2.05. The van der Waals surface area contributed by atoms with Crippen LogP contribution in [0.25, 0.3) is 0 Å². The number of hydrogen-bond acceptors (Lipinski definition) is 2. The summed E-state index contributed by atoms with van der Waals surface area (Å²) in [5.41, 5.74) is 0. The van der Waals surface area contributed by atoms with Gasteiger partial charge in [-0.1, -0.05) is 12.8 Å². The highest BCUT2D eigenvalue weighted by Crippen LogP contribution is 1.84. The first kappa shape index (κ1) is 8.48. The predicted molar refractivity (Wildman–Crippen MR) is 38.0 cm³/mol. The van der Waals surface area contributed by atoms with Gasteiger partial charge in [0, 0.05) is 6.54 Å². The van der Waals surface area contributed by atoms with Crippen LogP contribution in [0.15, 0.2) is 0 Å². The average molecular weight is 127 g/mol. The fourth-order valence-electron chi connectivity index (χ4n) is 0.455. The number of rotatable bonds is 4. The second-order valence-corrected chi connectivity index (χ2v) is 1.90. The van der Waals surface area contributed by atoms with Gasteiger partial charge in [-0.15, -0.1) is 6.42 Å². The van der Waals surface area contributed by atoms with E-state index in [1.54, 1.807) is 0 Å². The molecular weight excluding hydrogens is 114 g/mol. The van der Waals surface area contributed by atoms with Crippen LogP contribution in [0.2, 0.25) is 0 Å². The van der Waals surface area contributed by atoms with Crippen LogP contribution in [0.5, 0.6) is 0 Å². The van der Waals surface area contributed by atoms with Crippen LogP contribution in [-0.4, -0.2) is 24.3 Å². The van der Waals surface area contributed by atoms with Crippen molar-refractivity contribution in [3.05, 3.63) is 0 Å². The number of hydrogen-bond donors (Lipinski definition) is 2. The Hall–Kier alpha value is -0.520. The third-order valence-corrected chi connectivity index (χ3v) is 1.08. The van der Waals surface area contributed by atoms with E-state index in [4.69, 9.17) is 11.5 Å². The maximum atomic E-state index is 8.95. The molecular formula is C7H13NO. The molecule has 0 spiro atoms. The van der Waals surface area contributed by atoms with Crippen molar-refractivity contribution < 1.29 is 5.11 Å². The summed E-state index contributed by atoms with van der Waals surface area (Å²) >= 11 is 0. The van der Waals surface area contributed by atoms with Crippen molar-refractivity contribution in [2.75, 3.05) is 13.1 Å². The minimum absolute atomic E-state index is 0.252. The van der Waals surface area contributed by atoms with E-state index in [2.05, 4.69) is 11.2 Å². The molecule has 0 saturated carbocycles. The molecule has 0 aromatic heterocycles. The van der Waals surface area contributed by atoms with Crippen LogP contribution >= 0.6 is 0 Å². The minimum atomic E-state index is -0.252. The molecule has 0 aliphatic carbocycles. The van der Waals surface area contributed by atoms with Gasteiger partial charge in [-0.3, -0.25) is 0 Å². The van der Waals surface area contributed by atoms with Crippen molar-refractivity contribution in [1.82, 2.24) is 5.32 Å². The first-order valence-electron chi connectivity index (χ1n) is 3.13. The van der Waals surface area contributed by atoms with Gasteiger partial charge in [-0.25, -0.2) is 0 Å². The van der Waals surface area contributed by atoms with Crippen molar-refractivity contribution in [2.24, 2.45) is 0 Å². The lowest BCUT2D eigenvalue weighted by Crippen LogP contribution is -2.26. The van der Waals surface area contributed by atoms with Crippen LogP contribution in [-0.2, 0) is 0 Å². The third-order valence-electron chi connectivity index (χ3n) is 1.08. The Balaban J connectivity index is 2.99. The molecule has 1 atom stereocenters. The molecule has 0 aliphatic heterocycles. The molecule has 9 heavy (non-hydrogen) atoms. The van der Waals surface area contributed by atoms with Gasteiger partial charge in [0.1, 0.15) is 0 Å². The van der Waals surface area contributed by atoms with Crippen molar-refractivity contribution in [3.63, 3.8) is 0 Å². The number of aliphatic hydroxyl groups is 1. The predicted octanol–water partition coefficient (Wildman–Crippen LogP) is -0.0199. The van der Waals surface area contributed by atoms with Gasteiger partial charge in [-0.2, -0.15) is 0 Å². The summed E-state index contributed by atoms with van der Waals surface area (Å²) in [6.07, 6.45) is 5.49. The molecule has 0 fully saturated rings. The van der Waals surface area contributed by atoms with Crippen molar-refractivity contribution in [3.8, 4) is 12.3 Å². The fraction of sp³-hybridized carbons (Fsp3) is 0.714. The molecule has 52 valence electrons. The second-order valence-electron chi connectivity index (χ2n) is 1.90. The SMILES string of the molecule is C#CCNC[C@@H](O)CC. The van der Waals surface area contributed by atoms with Gasteiger partial charge in [0.15, 0.2) is 0 Å². The Kier molecular flexibility index (Phi) is 5.29. The zero-order chi connectivity index (χ0) is 7.11. The standard InChI is InChI=1S/C7H13NO/c1-3-5-8-6-7(9)4-2/h1,7-9H,4-6H2,2H3/t7-/m0/s1. The Morgan fingerprint density at radius 3 is 2.89 bits per heavy atom. The van der Waals surface area contributed by atoms with Gasteiger partial charge < -0.3 is 10.4 Å². The van der Waals surface area contributed by atoms with Gasteiger partial charge in [-0.05, 0) is 6.42 Å². The molecule has 0 aromatic rings. The smallest absolute Gasteiger partial charge is 0.0662 e. The lowest BCUT2D eigenvalue weighted by atomic mass is 10.3. The molecule has 0 bridgehead atoms. The molecule has 2 nitrogen and oxygen atoms in total. The summed E-state index contributed by atoms with van der Waals surface area (Å²) < 4.78 is 0. The topological polar surface area (TPSA) is 32.3 Å². The summed E-state index contributed by atoms with van der Waals surface area (Å²) in [5, 5.41) is 11.9. The van der Waals surface area contributed by atoms with Crippen LogP contribution in [0, 0.1) is 12.3 Å². The van der Waals surface area contributed by atoms with Crippen molar-refractivity contribution >= 4 is 0 Å². The highest BCUT2D eigenvalue weighted by Gasteiger charge is 1.96. The molecule has 2 N–H and O–H groups in total. The summed E-state index contributed by atoms with van der Waals surface area (Å²) in [4.78, 5) is 0. The van der Waals surface area contributed by atoms with E-state index >= 15 is 0 Å². The van der Waals surface area contributed by atoms with E-state index in [-0.39, 0.29) is 6.10 Å². The van der Waals surface area contributed by atoms with Crippen molar-refractivity contribution in [1.29, 1.82) is 0 Å². The fourth-order valence-corrected chi connectivity index (χ4v) is 0.455. The van der Waals surface area contributed by atoms with E-state index in [1.165, 1.54) is 0 Å². The molecule has 0 rings (SSSR count). The summed E-state index contributed by atoms with van der Waals surface area (Å²) in [5.74, 6) is 2.42. The minimum Gasteiger partial charge on any atom is -0.392 e. The molecule has 0 saturated heterocycles. The third kappa shape index (κ3) is 5.35. The first-order valence-corrected chi connectivity index (χ1v) is 3.13. The molecule has 0 amide bonds. The molecule has 0 radical (unpaired) electrons. The van der Waals surface area contributed by atoms with Gasteiger partial charge >= 0.3 is 0 Å². The van der Waals surface area contributed by atoms with Crippen LogP contribution in [0.1, 0.15) is 13.3 Å². The summed E-state index contributed by atoms with van der Waals surface area (Å²) in [6, 6.07) is 0. The van der Waals surface area contributed by atoms with Gasteiger partial charge in [0.25, 0.3) is 0 Å². The van der Waals surface area contributed by atoms with Crippen molar-refractivity contribution in [2.45, 2.75) is 19.4 Å². The van der Waals surface area contributed by atoms with Gasteiger partial charge in [0.2, 0.25) is 0 Å². The average Bonchev–Trinajstić information content (AvgIpc) is 1.89. The van der Waals surface area contributed by atoms with Gasteiger partial charge in [0.05, 0.1) is 12.6 Å². The van der Waals surface area contributed by atoms with E-state index in [1.807, 2.05) is 6.92 Å². The molecule has 0 aromatic carbocycles. The quantitative estimate of drug-likeness (QED) is 0.411. The molecule has 0 unspecified atom stereocenters. The first-order chi connectivity index (χ1) is 4.31. The van der Waals surface area contributed by atoms with Crippen LogP contribution in [0.3, 0.4) is 0 Å². The second kappa shape index (κ2) is 5.61. The maximum absolute atomic E-state index is 8.95. The highest BCUT2D eigenvalue weighted by atomic mass is 16.3. The monoisotopic (exact) mass is 127 g/mol. The maximum Gasteiger partial charge on any atom is 0.0662 e. The molecule has 0 aliphatic rings. The Morgan fingerprint density at radius 2 is 2.44 bits per heavy atom. The Labute approximate surface area is 56.3 Å². The normalized spacial score (nSPS) is 12.6. The summed E-state index contributed by atoms with van der Waals surface area (Å²) in [6.45, 7) is 3.07. The summed E-state index contributed by atoms with van der Waals surface area (Å²) in [7, 11) is 0.